The summed E-state index contributed by atoms with van der Waals surface area (Å²) < 4.78 is 12.6. The van der Waals surface area contributed by atoms with Crippen LogP contribution in [-0.4, -0.2) is 56.5 Å². The number of nitrogens with zero attached hydrogens (tertiary/aromatic N) is 5. The minimum Gasteiger partial charge on any atom is -0.470 e. The number of hydrogen-bond donors (Lipinski definition) is 1. The molecule has 3 heterocycles. The van der Waals surface area contributed by atoms with E-state index in [1.165, 1.54) is 11.0 Å². The highest BCUT2D eigenvalue weighted by atomic mass is 16.5. The number of ether oxygens (including phenoxy) is 2. The minimum atomic E-state index is -0.276. The molecular formula is C13H16N6O3. The fourth-order valence-electron chi connectivity index (χ4n) is 2.22. The summed E-state index contributed by atoms with van der Waals surface area (Å²) in [5, 5.41) is 13.6. The summed E-state index contributed by atoms with van der Waals surface area (Å²) in [6.45, 7) is 1.06. The Hall–Kier alpha value is -2.55. The lowest BCUT2D eigenvalue weighted by Gasteiger charge is -2.31. The van der Waals surface area contributed by atoms with Gasteiger partial charge in [-0.2, -0.15) is 0 Å². The van der Waals surface area contributed by atoms with Crippen molar-refractivity contribution in [2.75, 3.05) is 13.2 Å². The van der Waals surface area contributed by atoms with Gasteiger partial charge in [0.25, 0.3) is 0 Å². The second-order valence-electron chi connectivity index (χ2n) is 4.87. The van der Waals surface area contributed by atoms with Crippen molar-refractivity contribution in [3.63, 3.8) is 0 Å². The fourth-order valence-corrected chi connectivity index (χ4v) is 2.22. The van der Waals surface area contributed by atoms with E-state index in [0.29, 0.717) is 25.5 Å². The van der Waals surface area contributed by atoms with E-state index in [-0.39, 0.29) is 24.6 Å². The number of aromatic nitrogens is 5. The van der Waals surface area contributed by atoms with Crippen molar-refractivity contribution in [2.24, 2.45) is 0 Å². The Labute approximate surface area is 126 Å². The van der Waals surface area contributed by atoms with Crippen LogP contribution in [0.5, 0.6) is 5.88 Å². The number of tetrazole rings is 1. The first kappa shape index (κ1) is 14.4. The molecule has 1 fully saturated rings. The zero-order chi connectivity index (χ0) is 15.2. The average Bonchev–Trinajstić information content (AvgIpc) is 3.03. The quantitative estimate of drug-likeness (QED) is 0.788. The Balaban J connectivity index is 1.58. The van der Waals surface area contributed by atoms with Gasteiger partial charge in [0.15, 0.2) is 0 Å². The molecule has 0 bridgehead atoms. The second kappa shape index (κ2) is 6.94. The lowest BCUT2D eigenvalue weighted by atomic mass is 10.1. The van der Waals surface area contributed by atoms with E-state index in [2.05, 4.69) is 25.8 Å². The Bertz CT molecular complexity index is 591. The van der Waals surface area contributed by atoms with E-state index in [1.807, 2.05) is 12.1 Å². The molecule has 2 atom stereocenters. The van der Waals surface area contributed by atoms with Crippen LogP contribution in [0.25, 0.3) is 0 Å². The third-order valence-corrected chi connectivity index (χ3v) is 3.26. The van der Waals surface area contributed by atoms with Crippen LogP contribution in [0.1, 0.15) is 6.42 Å². The van der Waals surface area contributed by atoms with Crippen molar-refractivity contribution in [3.8, 4) is 5.88 Å². The maximum atomic E-state index is 12.0. The normalized spacial score (nSPS) is 21.3. The van der Waals surface area contributed by atoms with Crippen molar-refractivity contribution >= 4 is 5.91 Å². The van der Waals surface area contributed by atoms with Crippen molar-refractivity contribution < 1.29 is 14.3 Å². The van der Waals surface area contributed by atoms with Gasteiger partial charge in [0.1, 0.15) is 19.0 Å². The Morgan fingerprint density at radius 3 is 3.23 bits per heavy atom. The van der Waals surface area contributed by atoms with Gasteiger partial charge < -0.3 is 14.8 Å². The zero-order valence-corrected chi connectivity index (χ0v) is 11.8. The summed E-state index contributed by atoms with van der Waals surface area (Å²) in [6, 6.07) is 5.29. The van der Waals surface area contributed by atoms with Crippen molar-refractivity contribution in [1.82, 2.24) is 30.5 Å². The maximum absolute atomic E-state index is 12.0. The van der Waals surface area contributed by atoms with Crippen LogP contribution in [0.15, 0.2) is 30.7 Å². The first-order chi connectivity index (χ1) is 10.8. The molecule has 9 nitrogen and oxygen atoms in total. The van der Waals surface area contributed by atoms with Crippen molar-refractivity contribution in [1.29, 1.82) is 0 Å². The molecule has 1 saturated heterocycles. The Morgan fingerprint density at radius 1 is 1.50 bits per heavy atom. The fraction of sp³-hybridized carbons (Fsp3) is 0.462. The molecular weight excluding hydrogens is 288 g/mol. The molecule has 1 N–H and O–H groups in total. The van der Waals surface area contributed by atoms with E-state index in [4.69, 9.17) is 9.47 Å². The number of hydrogen-bond acceptors (Lipinski definition) is 7. The van der Waals surface area contributed by atoms with Crippen molar-refractivity contribution in [2.45, 2.75) is 25.1 Å². The molecule has 1 amide bonds. The monoisotopic (exact) mass is 304 g/mol. The standard InChI is InChI=1S/C13H16N6O3/c20-12(7-19-9-15-17-18-19)16-10-4-6-21-8-11(10)22-13-3-1-2-5-14-13/h1-3,5,9-11H,4,6-8H2,(H,16,20)/t10-,11-/m1/s1. The number of carbonyl (C=O) groups is 1. The van der Waals surface area contributed by atoms with E-state index in [9.17, 15) is 4.79 Å². The van der Waals surface area contributed by atoms with Crippen LogP contribution in [0.3, 0.4) is 0 Å². The third-order valence-electron chi connectivity index (χ3n) is 3.26. The molecule has 2 aromatic heterocycles. The highest BCUT2D eigenvalue weighted by Gasteiger charge is 2.29. The highest BCUT2D eigenvalue weighted by Crippen LogP contribution is 2.15. The van der Waals surface area contributed by atoms with Crippen LogP contribution in [0.4, 0.5) is 0 Å². The van der Waals surface area contributed by atoms with Gasteiger partial charge in [0.2, 0.25) is 11.8 Å². The van der Waals surface area contributed by atoms with Crippen molar-refractivity contribution in [3.05, 3.63) is 30.7 Å². The number of nitrogens with one attached hydrogen (secondary N) is 1. The first-order valence-electron chi connectivity index (χ1n) is 6.97. The summed E-state index contributed by atoms with van der Waals surface area (Å²) in [7, 11) is 0. The summed E-state index contributed by atoms with van der Waals surface area (Å²) >= 11 is 0. The topological polar surface area (TPSA) is 104 Å². The average molecular weight is 304 g/mol. The molecule has 0 radical (unpaired) electrons. The molecule has 2 aromatic rings. The zero-order valence-electron chi connectivity index (χ0n) is 11.8. The molecule has 0 spiro atoms. The number of amides is 1. The van der Waals surface area contributed by atoms with Crippen LogP contribution in [0.2, 0.25) is 0 Å². The molecule has 3 rings (SSSR count). The largest absolute Gasteiger partial charge is 0.470 e. The number of pyridine rings is 1. The molecule has 1 aliphatic rings. The summed E-state index contributed by atoms with van der Waals surface area (Å²) in [5.74, 6) is 0.339. The van der Waals surface area contributed by atoms with E-state index in [1.54, 1.807) is 12.3 Å². The minimum absolute atomic E-state index is 0.0701. The predicted octanol–water partition coefficient (Wildman–Crippen LogP) is -0.579. The van der Waals surface area contributed by atoms with Crippen LogP contribution in [0, 0.1) is 0 Å². The molecule has 0 aliphatic carbocycles. The molecule has 0 unspecified atom stereocenters. The summed E-state index contributed by atoms with van der Waals surface area (Å²) in [5.41, 5.74) is 0. The molecule has 0 saturated carbocycles. The summed E-state index contributed by atoms with van der Waals surface area (Å²) in [4.78, 5) is 16.2. The molecule has 9 heteroatoms. The lowest BCUT2D eigenvalue weighted by molar-refractivity contribution is -0.124. The van der Waals surface area contributed by atoms with Gasteiger partial charge in [0, 0.05) is 18.9 Å². The third kappa shape index (κ3) is 3.76. The van der Waals surface area contributed by atoms with Crippen LogP contribution in [-0.2, 0) is 16.1 Å². The number of rotatable bonds is 5. The van der Waals surface area contributed by atoms with Gasteiger partial charge in [-0.3, -0.25) is 4.79 Å². The summed E-state index contributed by atoms with van der Waals surface area (Å²) in [6.07, 6.45) is 3.45. The molecule has 1 aliphatic heterocycles. The molecule has 22 heavy (non-hydrogen) atoms. The Kier molecular flexibility index (Phi) is 4.54. The van der Waals surface area contributed by atoms with Gasteiger partial charge in [-0.15, -0.1) is 5.10 Å². The van der Waals surface area contributed by atoms with E-state index < -0.39 is 0 Å². The number of carbonyl (C=O) groups excluding carboxylic acids is 1. The molecule has 116 valence electrons. The maximum Gasteiger partial charge on any atom is 0.242 e. The SMILES string of the molecule is O=C(Cn1cnnn1)N[C@@H]1CCOC[C@H]1Oc1ccccn1. The second-order valence-corrected chi connectivity index (χ2v) is 4.87. The molecule has 0 aromatic carbocycles. The van der Waals surface area contributed by atoms with Gasteiger partial charge >= 0.3 is 0 Å². The van der Waals surface area contributed by atoms with E-state index in [0.717, 1.165) is 0 Å². The van der Waals surface area contributed by atoms with E-state index >= 15 is 0 Å². The van der Waals surface area contributed by atoms with Crippen LogP contribution >= 0.6 is 0 Å². The highest BCUT2D eigenvalue weighted by molar-refractivity contribution is 5.76. The first-order valence-corrected chi connectivity index (χ1v) is 6.97. The van der Waals surface area contributed by atoms with Crippen LogP contribution < -0.4 is 10.1 Å². The van der Waals surface area contributed by atoms with Gasteiger partial charge in [0.05, 0.1) is 12.6 Å². The smallest absolute Gasteiger partial charge is 0.242 e. The van der Waals surface area contributed by atoms with Gasteiger partial charge in [-0.25, -0.2) is 9.67 Å². The Morgan fingerprint density at radius 2 is 2.45 bits per heavy atom. The predicted molar refractivity (Wildman–Crippen MR) is 73.8 cm³/mol. The van der Waals surface area contributed by atoms with Gasteiger partial charge in [-0.1, -0.05) is 6.07 Å². The van der Waals surface area contributed by atoms with Gasteiger partial charge in [-0.05, 0) is 22.9 Å². The lowest BCUT2D eigenvalue weighted by Crippen LogP contribution is -2.52.